The number of aromatic nitrogens is 9. The molecule has 6 rings (SSSR count). The van der Waals surface area contributed by atoms with Gasteiger partial charge in [0, 0.05) is 30.8 Å². The van der Waals surface area contributed by atoms with Crippen LogP contribution in [0.2, 0.25) is 0 Å². The molecular formula is C21H22N10. The van der Waals surface area contributed by atoms with Crippen molar-refractivity contribution in [2.45, 2.75) is 51.6 Å². The van der Waals surface area contributed by atoms with E-state index in [0.29, 0.717) is 23.6 Å². The van der Waals surface area contributed by atoms with E-state index in [4.69, 9.17) is 9.97 Å². The van der Waals surface area contributed by atoms with Crippen LogP contribution in [0.4, 0.5) is 5.82 Å². The van der Waals surface area contributed by atoms with E-state index in [1.54, 1.807) is 31.0 Å². The molecule has 10 nitrogen and oxygen atoms in total. The molecule has 4 aromatic rings. The SMILES string of the molecule is CC[C@@H]1c2nncn2-c2c(C)nc(-n3ccnc3-c3ncccn3)nc2N1C1CCC1. The standard InChI is InChI=1S/C21H22N10/c1-3-15-18-28-25-12-30(18)16-13(2)26-21(27-19(16)31(15)14-6-4-7-14)29-11-10-24-20(29)17-22-8-5-9-23-17/h5,8-12,14-15H,3-4,6-7H2,1-2H3/t15-/m1/s1. The molecule has 156 valence electrons. The highest BCUT2D eigenvalue weighted by atomic mass is 15.4. The van der Waals surface area contributed by atoms with Gasteiger partial charge in [-0.1, -0.05) is 6.92 Å². The van der Waals surface area contributed by atoms with E-state index in [0.717, 1.165) is 42.3 Å². The van der Waals surface area contributed by atoms with Gasteiger partial charge in [0.15, 0.2) is 23.3 Å². The van der Waals surface area contributed by atoms with Crippen LogP contribution in [-0.2, 0) is 0 Å². The van der Waals surface area contributed by atoms with Crippen molar-refractivity contribution in [3.05, 3.63) is 48.7 Å². The fourth-order valence-corrected chi connectivity index (χ4v) is 4.54. The first-order chi connectivity index (χ1) is 15.3. The maximum absolute atomic E-state index is 5.07. The average molecular weight is 414 g/mol. The molecule has 0 spiro atoms. The Labute approximate surface area is 179 Å². The van der Waals surface area contributed by atoms with Gasteiger partial charge in [-0.3, -0.25) is 9.13 Å². The predicted molar refractivity (Wildman–Crippen MR) is 113 cm³/mol. The molecule has 4 aromatic heterocycles. The number of aryl methyl sites for hydroxylation is 1. The summed E-state index contributed by atoms with van der Waals surface area (Å²) in [4.78, 5) is 25.5. The summed E-state index contributed by atoms with van der Waals surface area (Å²) < 4.78 is 3.90. The van der Waals surface area contributed by atoms with Gasteiger partial charge in [0.2, 0.25) is 5.95 Å². The summed E-state index contributed by atoms with van der Waals surface area (Å²) in [6.45, 7) is 4.20. The molecule has 1 fully saturated rings. The van der Waals surface area contributed by atoms with Gasteiger partial charge in [0.1, 0.15) is 12.0 Å². The molecule has 2 aliphatic rings. The first-order valence-electron chi connectivity index (χ1n) is 10.6. The minimum atomic E-state index is 0.141. The maximum atomic E-state index is 5.07. The predicted octanol–water partition coefficient (Wildman–Crippen LogP) is 2.83. The molecule has 1 atom stereocenters. The van der Waals surface area contributed by atoms with Crippen LogP contribution in [0.1, 0.15) is 50.2 Å². The zero-order valence-electron chi connectivity index (χ0n) is 17.4. The lowest BCUT2D eigenvalue weighted by Crippen LogP contribution is -2.46. The molecule has 0 radical (unpaired) electrons. The van der Waals surface area contributed by atoms with Gasteiger partial charge in [-0.25, -0.2) is 19.9 Å². The number of anilines is 1. The van der Waals surface area contributed by atoms with Gasteiger partial charge in [-0.2, -0.15) is 4.98 Å². The molecule has 5 heterocycles. The van der Waals surface area contributed by atoms with E-state index >= 15 is 0 Å². The first-order valence-corrected chi connectivity index (χ1v) is 10.6. The Morgan fingerprint density at radius 3 is 2.61 bits per heavy atom. The minimum Gasteiger partial charge on any atom is -0.341 e. The Kier molecular flexibility index (Phi) is 4.05. The molecule has 0 N–H and O–H groups in total. The molecule has 1 aliphatic heterocycles. The second-order valence-corrected chi connectivity index (χ2v) is 7.95. The molecule has 0 saturated heterocycles. The van der Waals surface area contributed by atoms with Crippen molar-refractivity contribution in [1.29, 1.82) is 0 Å². The fraction of sp³-hybridized carbons (Fsp3) is 0.381. The van der Waals surface area contributed by atoms with Crippen LogP contribution >= 0.6 is 0 Å². The van der Waals surface area contributed by atoms with E-state index < -0.39 is 0 Å². The van der Waals surface area contributed by atoms with Crippen molar-refractivity contribution in [3.8, 4) is 23.3 Å². The van der Waals surface area contributed by atoms with Crippen LogP contribution in [-0.4, -0.2) is 50.3 Å². The highest BCUT2D eigenvalue weighted by molar-refractivity contribution is 5.66. The molecule has 31 heavy (non-hydrogen) atoms. The Bertz CT molecular complexity index is 1240. The molecule has 1 saturated carbocycles. The lowest BCUT2D eigenvalue weighted by atomic mass is 9.89. The third-order valence-electron chi connectivity index (χ3n) is 6.20. The van der Waals surface area contributed by atoms with Gasteiger partial charge in [0.05, 0.1) is 11.7 Å². The molecule has 0 unspecified atom stereocenters. The number of fused-ring (bicyclic) bond motifs is 3. The van der Waals surface area contributed by atoms with Crippen LogP contribution in [0.3, 0.4) is 0 Å². The van der Waals surface area contributed by atoms with E-state index in [9.17, 15) is 0 Å². The van der Waals surface area contributed by atoms with E-state index in [-0.39, 0.29) is 6.04 Å². The summed E-state index contributed by atoms with van der Waals surface area (Å²) in [6, 6.07) is 2.38. The number of imidazole rings is 1. The van der Waals surface area contributed by atoms with Crippen molar-refractivity contribution in [2.75, 3.05) is 4.90 Å². The lowest BCUT2D eigenvalue weighted by Gasteiger charge is -2.45. The monoisotopic (exact) mass is 414 g/mol. The number of hydrogen-bond donors (Lipinski definition) is 0. The molecule has 0 aromatic carbocycles. The van der Waals surface area contributed by atoms with E-state index in [1.807, 2.05) is 22.3 Å². The second-order valence-electron chi connectivity index (χ2n) is 7.95. The highest BCUT2D eigenvalue weighted by Crippen LogP contribution is 2.44. The summed E-state index contributed by atoms with van der Waals surface area (Å²) in [6.07, 6.45) is 13.3. The fourth-order valence-electron chi connectivity index (χ4n) is 4.54. The summed E-state index contributed by atoms with van der Waals surface area (Å²) in [5, 5.41) is 8.65. The Hall–Kier alpha value is -3.69. The molecule has 0 bridgehead atoms. The number of nitrogens with zero attached hydrogens (tertiary/aromatic N) is 10. The average Bonchev–Trinajstić information content (AvgIpc) is 3.43. The van der Waals surface area contributed by atoms with Crippen molar-refractivity contribution >= 4 is 5.82 Å². The van der Waals surface area contributed by atoms with Crippen molar-refractivity contribution in [3.63, 3.8) is 0 Å². The van der Waals surface area contributed by atoms with Crippen LogP contribution < -0.4 is 4.90 Å². The van der Waals surface area contributed by atoms with Gasteiger partial charge < -0.3 is 4.90 Å². The van der Waals surface area contributed by atoms with Crippen LogP contribution in [0.5, 0.6) is 0 Å². The van der Waals surface area contributed by atoms with Crippen molar-refractivity contribution in [2.24, 2.45) is 0 Å². The molecular weight excluding hydrogens is 392 g/mol. The Morgan fingerprint density at radius 2 is 1.87 bits per heavy atom. The van der Waals surface area contributed by atoms with Gasteiger partial charge in [0.25, 0.3) is 0 Å². The van der Waals surface area contributed by atoms with Gasteiger partial charge >= 0.3 is 0 Å². The summed E-state index contributed by atoms with van der Waals surface area (Å²) in [7, 11) is 0. The lowest BCUT2D eigenvalue weighted by molar-refractivity contribution is 0.341. The van der Waals surface area contributed by atoms with Crippen molar-refractivity contribution < 1.29 is 0 Å². The normalized spacial score (nSPS) is 17.9. The third kappa shape index (κ3) is 2.67. The molecule has 10 heteroatoms. The Morgan fingerprint density at radius 1 is 1.03 bits per heavy atom. The quantitative estimate of drug-likeness (QED) is 0.502. The van der Waals surface area contributed by atoms with E-state index in [2.05, 4.69) is 37.0 Å². The topological polar surface area (TPSA) is 103 Å². The Balaban J connectivity index is 1.55. The van der Waals surface area contributed by atoms with Crippen LogP contribution in [0.15, 0.2) is 37.2 Å². The molecule has 0 amide bonds. The van der Waals surface area contributed by atoms with Gasteiger partial charge in [-0.15, -0.1) is 10.2 Å². The van der Waals surface area contributed by atoms with E-state index in [1.165, 1.54) is 6.42 Å². The summed E-state index contributed by atoms with van der Waals surface area (Å²) in [5.74, 6) is 3.60. The second kappa shape index (κ2) is 6.93. The largest absolute Gasteiger partial charge is 0.341 e. The van der Waals surface area contributed by atoms with Crippen LogP contribution in [0, 0.1) is 6.92 Å². The zero-order chi connectivity index (χ0) is 20.9. The van der Waals surface area contributed by atoms with Crippen LogP contribution in [0.25, 0.3) is 23.3 Å². The summed E-state index contributed by atoms with van der Waals surface area (Å²) in [5.41, 5.74) is 1.83. The highest BCUT2D eigenvalue weighted by Gasteiger charge is 2.40. The third-order valence-corrected chi connectivity index (χ3v) is 6.20. The maximum Gasteiger partial charge on any atom is 0.237 e. The number of hydrogen-bond acceptors (Lipinski definition) is 8. The minimum absolute atomic E-state index is 0.141. The zero-order valence-corrected chi connectivity index (χ0v) is 17.4. The summed E-state index contributed by atoms with van der Waals surface area (Å²) >= 11 is 0. The molecule has 1 aliphatic carbocycles. The first kappa shape index (κ1) is 18.1. The smallest absolute Gasteiger partial charge is 0.237 e. The van der Waals surface area contributed by atoms with Gasteiger partial charge in [-0.05, 0) is 38.7 Å². The van der Waals surface area contributed by atoms with Crippen molar-refractivity contribution in [1.82, 2.24) is 44.3 Å². The number of rotatable bonds is 4.